The summed E-state index contributed by atoms with van der Waals surface area (Å²) < 4.78 is 57.5. The monoisotopic (exact) mass is 581 g/mol. The normalized spacial score (nSPS) is 22.2. The highest BCUT2D eigenvalue weighted by molar-refractivity contribution is 5.95. The molecule has 1 saturated carbocycles. The number of anilines is 1. The number of para-hydroxylation sites is 1. The minimum Gasteiger partial charge on any atom is -0.477 e. The summed E-state index contributed by atoms with van der Waals surface area (Å²) in [6.07, 6.45) is 0.743. The number of carboxylic acids is 1. The highest BCUT2D eigenvalue weighted by Crippen LogP contribution is 2.46. The molecular weight excluding hydrogens is 551 g/mol. The fourth-order valence-electron chi connectivity index (χ4n) is 6.79. The van der Waals surface area contributed by atoms with Crippen LogP contribution in [0.4, 0.5) is 18.9 Å². The van der Waals surface area contributed by atoms with Crippen molar-refractivity contribution < 1.29 is 37.1 Å². The molecule has 2 unspecified atom stereocenters. The van der Waals surface area contributed by atoms with Crippen LogP contribution >= 0.6 is 0 Å². The number of piperidine rings is 1. The van der Waals surface area contributed by atoms with Crippen LogP contribution in [0.2, 0.25) is 0 Å². The highest BCUT2D eigenvalue weighted by atomic mass is 19.4. The van der Waals surface area contributed by atoms with Gasteiger partial charge in [0.25, 0.3) is 0 Å². The average Bonchev–Trinajstić information content (AvgIpc) is 3.54. The lowest BCUT2D eigenvalue weighted by atomic mass is 9.98. The molecule has 2 aromatic carbocycles. The molecule has 1 N–H and O–H groups in total. The second kappa shape index (κ2) is 10.1. The maximum Gasteiger partial charge on any atom is 0.573 e. The van der Waals surface area contributed by atoms with E-state index in [9.17, 15) is 23.1 Å². The first kappa shape index (κ1) is 26.9. The number of aryl methyl sites for hydroxylation is 1. The van der Waals surface area contributed by atoms with Gasteiger partial charge in [0.05, 0.1) is 18.2 Å². The molecule has 4 aromatic rings. The molecule has 2 bridgehead atoms. The number of fused-ring (bicyclic) bond motifs is 3. The number of aromatic nitrogens is 2. The van der Waals surface area contributed by atoms with Crippen LogP contribution in [0.25, 0.3) is 22.2 Å². The van der Waals surface area contributed by atoms with E-state index in [0.717, 1.165) is 55.1 Å². The lowest BCUT2D eigenvalue weighted by Gasteiger charge is -2.40. The Hall–Kier alpha value is -3.99. The zero-order valence-electron chi connectivity index (χ0n) is 22.9. The molecule has 2 aromatic heterocycles. The van der Waals surface area contributed by atoms with Crippen molar-refractivity contribution in [2.75, 3.05) is 4.90 Å². The molecule has 0 radical (unpaired) electrons. The van der Waals surface area contributed by atoms with Gasteiger partial charge >= 0.3 is 12.3 Å². The molecule has 11 heteroatoms. The van der Waals surface area contributed by atoms with Gasteiger partial charge in [-0.1, -0.05) is 23.4 Å². The Morgan fingerprint density at radius 3 is 2.50 bits per heavy atom. The number of halogens is 3. The molecule has 1 aliphatic carbocycles. The number of carboxylic acid groups (broad SMARTS) is 1. The van der Waals surface area contributed by atoms with Crippen molar-refractivity contribution in [2.24, 2.45) is 7.05 Å². The molecule has 220 valence electrons. The third kappa shape index (κ3) is 4.89. The Balaban J connectivity index is 1.10. The van der Waals surface area contributed by atoms with Gasteiger partial charge in [0, 0.05) is 47.2 Å². The average molecular weight is 582 g/mol. The third-order valence-corrected chi connectivity index (χ3v) is 8.83. The number of alkyl halides is 3. The quantitative estimate of drug-likeness (QED) is 0.239. The van der Waals surface area contributed by atoms with Crippen LogP contribution < -0.4 is 9.64 Å². The maximum absolute atomic E-state index is 13.1. The lowest BCUT2D eigenvalue weighted by Crippen LogP contribution is -2.45. The molecular formula is C31H30F3N3O5. The Morgan fingerprint density at radius 2 is 1.81 bits per heavy atom. The van der Waals surface area contributed by atoms with Gasteiger partial charge in [-0.25, -0.2) is 4.79 Å². The number of hydrogen-bond acceptors (Lipinski definition) is 6. The van der Waals surface area contributed by atoms with Gasteiger partial charge in [-0.15, -0.1) is 13.2 Å². The third-order valence-electron chi connectivity index (χ3n) is 8.83. The summed E-state index contributed by atoms with van der Waals surface area (Å²) in [6.45, 7) is 0.197. The van der Waals surface area contributed by atoms with E-state index in [1.54, 1.807) is 29.8 Å². The van der Waals surface area contributed by atoms with Crippen molar-refractivity contribution >= 4 is 22.6 Å². The molecule has 42 heavy (non-hydrogen) atoms. The predicted octanol–water partition coefficient (Wildman–Crippen LogP) is 7.02. The Kier molecular flexibility index (Phi) is 6.45. The molecule has 7 rings (SSSR count). The first-order valence-corrected chi connectivity index (χ1v) is 14.2. The second-order valence-corrected chi connectivity index (χ2v) is 11.5. The minimum atomic E-state index is -4.83. The van der Waals surface area contributed by atoms with Crippen molar-refractivity contribution in [1.29, 1.82) is 0 Å². The molecule has 3 atom stereocenters. The molecule has 3 aliphatic rings. The Morgan fingerprint density at radius 1 is 1.07 bits per heavy atom. The van der Waals surface area contributed by atoms with Crippen LogP contribution in [0.15, 0.2) is 53.1 Å². The summed E-state index contributed by atoms with van der Waals surface area (Å²) in [4.78, 5) is 14.0. The van der Waals surface area contributed by atoms with Crippen LogP contribution in [0.1, 0.15) is 66.3 Å². The van der Waals surface area contributed by atoms with Gasteiger partial charge in [0.2, 0.25) is 0 Å². The fraction of sp³-hybridized carbons (Fsp3) is 0.419. The fourth-order valence-corrected chi connectivity index (χ4v) is 6.79. The largest absolute Gasteiger partial charge is 0.573 e. The molecule has 0 amide bonds. The first-order valence-electron chi connectivity index (χ1n) is 14.2. The van der Waals surface area contributed by atoms with E-state index in [2.05, 4.69) is 26.9 Å². The summed E-state index contributed by atoms with van der Waals surface area (Å²) in [5, 5.41) is 14.6. The van der Waals surface area contributed by atoms with Crippen LogP contribution in [0, 0.1) is 0 Å². The van der Waals surface area contributed by atoms with Crippen molar-refractivity contribution in [3.63, 3.8) is 0 Å². The Labute approximate surface area is 239 Å². The number of hydrogen-bond donors (Lipinski definition) is 1. The summed E-state index contributed by atoms with van der Waals surface area (Å²) in [5.41, 5.74) is 3.45. The number of rotatable bonds is 8. The van der Waals surface area contributed by atoms with Crippen LogP contribution in [0.3, 0.4) is 0 Å². The van der Waals surface area contributed by atoms with Gasteiger partial charge in [0.1, 0.15) is 22.9 Å². The minimum absolute atomic E-state index is 0.0207. The standard InChI is InChI=1S/C31H30F3N3O5/c1-36-25-15-21(9-8-18(25)12-26(36)30(38)39)37-19-10-11-20(37)14-22(13-19)40-16-24-28(35-42-29(24)17-6-7-17)23-4-2-3-5-27(23)41-31(32,33)34/h2-5,8-9,12,15,17,19-20,22H,6-7,10-11,13-14,16H2,1H3,(H,38,39)/t19-,20?,22?/m0/s1. The van der Waals surface area contributed by atoms with E-state index in [-0.39, 0.29) is 47.7 Å². The molecule has 0 spiro atoms. The smallest absolute Gasteiger partial charge is 0.477 e. The van der Waals surface area contributed by atoms with Crippen molar-refractivity contribution in [3.8, 4) is 17.0 Å². The summed E-state index contributed by atoms with van der Waals surface area (Å²) in [6, 6.07) is 14.3. The second-order valence-electron chi connectivity index (χ2n) is 11.5. The van der Waals surface area contributed by atoms with Crippen molar-refractivity contribution in [2.45, 2.75) is 75.6 Å². The van der Waals surface area contributed by atoms with Crippen molar-refractivity contribution in [1.82, 2.24) is 9.72 Å². The van der Waals surface area contributed by atoms with Gasteiger partial charge in [0.15, 0.2) is 0 Å². The van der Waals surface area contributed by atoms with E-state index in [1.807, 2.05) is 6.07 Å². The number of benzene rings is 2. The Bertz CT molecular complexity index is 1640. The number of aromatic carboxylic acids is 1. The molecule has 2 aliphatic heterocycles. The van der Waals surface area contributed by atoms with Crippen LogP contribution in [-0.2, 0) is 18.4 Å². The molecule has 2 saturated heterocycles. The van der Waals surface area contributed by atoms with E-state index in [4.69, 9.17) is 9.26 Å². The van der Waals surface area contributed by atoms with E-state index in [1.165, 1.54) is 12.1 Å². The first-order chi connectivity index (χ1) is 20.2. The number of ether oxygens (including phenoxy) is 2. The lowest BCUT2D eigenvalue weighted by molar-refractivity contribution is -0.274. The summed E-state index contributed by atoms with van der Waals surface area (Å²) in [7, 11) is 1.77. The molecule has 3 fully saturated rings. The maximum atomic E-state index is 13.1. The number of nitrogens with zero attached hydrogens (tertiary/aromatic N) is 3. The molecule has 8 nitrogen and oxygen atoms in total. The highest BCUT2D eigenvalue weighted by Gasteiger charge is 2.42. The zero-order chi connectivity index (χ0) is 29.2. The van der Waals surface area contributed by atoms with E-state index in [0.29, 0.717) is 17.0 Å². The summed E-state index contributed by atoms with van der Waals surface area (Å²) >= 11 is 0. The van der Waals surface area contributed by atoms with Gasteiger partial charge in [-0.3, -0.25) is 0 Å². The van der Waals surface area contributed by atoms with E-state index >= 15 is 0 Å². The van der Waals surface area contributed by atoms with Crippen LogP contribution in [0.5, 0.6) is 5.75 Å². The van der Waals surface area contributed by atoms with Crippen LogP contribution in [-0.4, -0.2) is 45.3 Å². The SMILES string of the molecule is Cn1c(C(=O)O)cc2ccc(N3C4CC[C@H]3CC(OCc3c(-c5ccccc5OC(F)(F)F)noc3C3CC3)C4)cc21. The van der Waals surface area contributed by atoms with Gasteiger partial charge in [-0.05, 0) is 68.9 Å². The van der Waals surface area contributed by atoms with Crippen molar-refractivity contribution in [3.05, 3.63) is 65.5 Å². The van der Waals surface area contributed by atoms with E-state index < -0.39 is 12.3 Å². The summed E-state index contributed by atoms with van der Waals surface area (Å²) in [5.74, 6) is -0.388. The number of carbonyl (C=O) groups is 1. The van der Waals surface area contributed by atoms with Gasteiger partial charge in [-0.2, -0.15) is 0 Å². The van der Waals surface area contributed by atoms with Gasteiger partial charge < -0.3 is 28.6 Å². The predicted molar refractivity (Wildman–Crippen MR) is 148 cm³/mol. The molecule has 4 heterocycles. The zero-order valence-corrected chi connectivity index (χ0v) is 22.9. The topological polar surface area (TPSA) is 90.0 Å².